The third-order valence-electron chi connectivity index (χ3n) is 2.94. The van der Waals surface area contributed by atoms with Gasteiger partial charge in [0.25, 0.3) is 18.1 Å². The van der Waals surface area contributed by atoms with Crippen molar-refractivity contribution in [2.75, 3.05) is 0 Å². The summed E-state index contributed by atoms with van der Waals surface area (Å²) in [5.41, 5.74) is 2.44. The lowest BCUT2D eigenvalue weighted by Crippen LogP contribution is -1.98. The van der Waals surface area contributed by atoms with Crippen LogP contribution in [0.15, 0.2) is 50.7 Å². The van der Waals surface area contributed by atoms with Crippen LogP contribution in [0.4, 0.5) is 0 Å². The number of hydrogen-bond donors (Lipinski definition) is 0. The molecular weight excluding hydrogens is 459 g/mol. The highest BCUT2D eigenvalue weighted by Crippen LogP contribution is 2.24. The predicted octanol–water partition coefficient (Wildman–Crippen LogP) is 4.92. The van der Waals surface area contributed by atoms with Gasteiger partial charge in [0.15, 0.2) is 0 Å². The highest BCUT2D eigenvalue weighted by atomic mass is 79.9. The average Bonchev–Trinajstić information content (AvgIpc) is 2.35. The molecule has 0 bridgehead atoms. The second-order valence-electron chi connectivity index (χ2n) is 5.06. The molecule has 2 aromatic carbocycles. The van der Waals surface area contributed by atoms with Gasteiger partial charge in [-0.05, 0) is 56.2 Å². The lowest BCUT2D eigenvalue weighted by Gasteiger charge is -2.07. The Balaban J connectivity index is 0.000000243. The van der Waals surface area contributed by atoms with Crippen molar-refractivity contribution >= 4 is 55.4 Å². The number of aryl methyl sites for hydroxylation is 3. The highest BCUT2D eigenvalue weighted by Gasteiger charge is 2.16. The van der Waals surface area contributed by atoms with Gasteiger partial charge in [-0.1, -0.05) is 33.6 Å². The Hall–Kier alpha value is -0.600. The van der Waals surface area contributed by atoms with Crippen LogP contribution < -0.4 is 0 Å². The second-order valence-corrected chi connectivity index (χ2v) is 11.0. The quantitative estimate of drug-likeness (QED) is 0.580. The molecular formula is C15H15BrCl2O4S2. The Morgan fingerprint density at radius 3 is 1.54 bits per heavy atom. The number of hydrogen-bond acceptors (Lipinski definition) is 4. The maximum absolute atomic E-state index is 11.2. The first-order valence-electron chi connectivity index (χ1n) is 6.55. The first kappa shape index (κ1) is 21.4. The molecule has 0 saturated heterocycles. The molecule has 2 rings (SSSR count). The molecule has 0 aliphatic carbocycles. The molecule has 24 heavy (non-hydrogen) atoms. The average molecular weight is 474 g/mol. The van der Waals surface area contributed by atoms with Crippen molar-refractivity contribution in [3.63, 3.8) is 0 Å². The normalized spacial score (nSPS) is 11.6. The van der Waals surface area contributed by atoms with Gasteiger partial charge < -0.3 is 0 Å². The van der Waals surface area contributed by atoms with E-state index in [1.54, 1.807) is 26.0 Å². The van der Waals surface area contributed by atoms with Gasteiger partial charge in [-0.15, -0.1) is 0 Å². The van der Waals surface area contributed by atoms with Crippen molar-refractivity contribution in [3.8, 4) is 0 Å². The van der Waals surface area contributed by atoms with Crippen LogP contribution in [-0.2, 0) is 18.1 Å². The van der Waals surface area contributed by atoms with E-state index in [2.05, 4.69) is 15.9 Å². The first-order chi connectivity index (χ1) is 10.8. The Morgan fingerprint density at radius 1 is 0.792 bits per heavy atom. The van der Waals surface area contributed by atoms with E-state index in [9.17, 15) is 16.8 Å². The molecule has 0 saturated carbocycles. The molecule has 0 atom stereocenters. The maximum Gasteiger partial charge on any atom is 0.261 e. The minimum Gasteiger partial charge on any atom is -0.207 e. The van der Waals surface area contributed by atoms with E-state index in [4.69, 9.17) is 21.4 Å². The monoisotopic (exact) mass is 472 g/mol. The zero-order valence-electron chi connectivity index (χ0n) is 13.0. The Labute approximate surface area is 159 Å². The van der Waals surface area contributed by atoms with E-state index in [1.807, 2.05) is 19.1 Å². The molecule has 0 unspecified atom stereocenters. The number of benzene rings is 2. The summed E-state index contributed by atoms with van der Waals surface area (Å²) in [5, 5.41) is 0. The molecule has 0 heterocycles. The van der Waals surface area contributed by atoms with Gasteiger partial charge in [0.2, 0.25) is 0 Å². The minimum absolute atomic E-state index is 0.113. The third-order valence-corrected chi connectivity index (χ3v) is 6.44. The van der Waals surface area contributed by atoms with Crippen LogP contribution in [0.25, 0.3) is 0 Å². The summed E-state index contributed by atoms with van der Waals surface area (Å²) in [4.78, 5) is 0.349. The summed E-state index contributed by atoms with van der Waals surface area (Å²) in [7, 11) is 3.18. The molecule has 2 aromatic rings. The fraction of sp³-hybridized carbons (Fsp3) is 0.200. The van der Waals surface area contributed by atoms with Crippen molar-refractivity contribution in [3.05, 3.63) is 57.6 Å². The molecule has 0 N–H and O–H groups in total. The van der Waals surface area contributed by atoms with Crippen LogP contribution in [0.3, 0.4) is 0 Å². The molecule has 0 radical (unpaired) electrons. The third kappa shape index (κ3) is 6.37. The van der Waals surface area contributed by atoms with Gasteiger partial charge in [-0.2, -0.15) is 0 Å². The fourth-order valence-electron chi connectivity index (χ4n) is 2.15. The highest BCUT2D eigenvalue weighted by molar-refractivity contribution is 9.10. The van der Waals surface area contributed by atoms with E-state index >= 15 is 0 Å². The number of halogens is 3. The van der Waals surface area contributed by atoms with E-state index in [-0.39, 0.29) is 9.79 Å². The Bertz CT molecular complexity index is 915. The van der Waals surface area contributed by atoms with Gasteiger partial charge in [0, 0.05) is 25.8 Å². The summed E-state index contributed by atoms with van der Waals surface area (Å²) in [6.07, 6.45) is 0. The van der Waals surface area contributed by atoms with Crippen molar-refractivity contribution < 1.29 is 16.8 Å². The number of rotatable bonds is 2. The largest absolute Gasteiger partial charge is 0.261 e. The van der Waals surface area contributed by atoms with Crippen molar-refractivity contribution in [1.82, 2.24) is 0 Å². The van der Waals surface area contributed by atoms with Crippen LogP contribution in [0.5, 0.6) is 0 Å². The van der Waals surface area contributed by atoms with E-state index in [0.717, 1.165) is 10.0 Å². The smallest absolute Gasteiger partial charge is 0.207 e. The Morgan fingerprint density at radius 2 is 1.21 bits per heavy atom. The van der Waals surface area contributed by atoms with Gasteiger partial charge in [-0.3, -0.25) is 0 Å². The molecule has 9 heteroatoms. The zero-order valence-corrected chi connectivity index (χ0v) is 17.8. The standard InChI is InChI=1S/C9H11ClO2S.C6H4BrClO2S/c1-6-4-7(2)9(8(3)5-6)13(10,11)12;7-5-1-3-6(4-2-5)11(8,9)10/h4-5H,1-3H3;1-4H. The molecule has 0 spiro atoms. The molecule has 0 aliphatic rings. The molecule has 0 aliphatic heterocycles. The van der Waals surface area contributed by atoms with Crippen LogP contribution in [0.1, 0.15) is 16.7 Å². The molecule has 132 valence electrons. The molecule has 4 nitrogen and oxygen atoms in total. The summed E-state index contributed by atoms with van der Waals surface area (Å²) < 4.78 is 44.5. The van der Waals surface area contributed by atoms with Crippen molar-refractivity contribution in [2.24, 2.45) is 0 Å². The molecule has 0 aromatic heterocycles. The summed E-state index contributed by atoms with van der Waals surface area (Å²) in [6, 6.07) is 9.73. The molecule has 0 amide bonds. The lowest BCUT2D eigenvalue weighted by molar-refractivity contribution is 0.607. The van der Waals surface area contributed by atoms with Gasteiger partial charge >= 0.3 is 0 Å². The Kier molecular flexibility index (Phi) is 7.31. The lowest BCUT2D eigenvalue weighted by atomic mass is 10.1. The minimum atomic E-state index is -3.61. The zero-order chi connectivity index (χ0) is 18.7. The van der Waals surface area contributed by atoms with Gasteiger partial charge in [-0.25, -0.2) is 16.8 Å². The summed E-state index contributed by atoms with van der Waals surface area (Å²) >= 11 is 3.17. The topological polar surface area (TPSA) is 68.3 Å². The van der Waals surface area contributed by atoms with E-state index in [1.165, 1.54) is 12.1 Å². The van der Waals surface area contributed by atoms with E-state index < -0.39 is 18.1 Å². The molecule has 0 fully saturated rings. The SMILES string of the molecule is Cc1cc(C)c(S(=O)(=O)Cl)c(C)c1.O=S(=O)(Cl)c1ccc(Br)cc1. The van der Waals surface area contributed by atoms with Crippen LogP contribution in [0.2, 0.25) is 0 Å². The van der Waals surface area contributed by atoms with Crippen molar-refractivity contribution in [1.29, 1.82) is 0 Å². The second kappa shape index (κ2) is 8.19. The van der Waals surface area contributed by atoms with E-state index in [0.29, 0.717) is 11.1 Å². The van der Waals surface area contributed by atoms with Crippen LogP contribution in [0, 0.1) is 20.8 Å². The maximum atomic E-state index is 11.2. The van der Waals surface area contributed by atoms with Crippen LogP contribution in [-0.4, -0.2) is 16.8 Å². The first-order valence-corrected chi connectivity index (χ1v) is 12.0. The van der Waals surface area contributed by atoms with Gasteiger partial charge in [0.05, 0.1) is 9.79 Å². The van der Waals surface area contributed by atoms with Crippen molar-refractivity contribution in [2.45, 2.75) is 30.6 Å². The summed E-state index contributed by atoms with van der Waals surface area (Å²) in [5.74, 6) is 0. The van der Waals surface area contributed by atoms with Crippen LogP contribution >= 0.6 is 37.3 Å². The van der Waals surface area contributed by atoms with Gasteiger partial charge in [0.1, 0.15) is 0 Å². The predicted molar refractivity (Wildman–Crippen MR) is 101 cm³/mol. The summed E-state index contributed by atoms with van der Waals surface area (Å²) in [6.45, 7) is 5.41. The fourth-order valence-corrected chi connectivity index (χ4v) is 4.80.